The molecule has 1 saturated carbocycles. The second kappa shape index (κ2) is 9.22. The Morgan fingerprint density at radius 1 is 1.17 bits per heavy atom. The van der Waals surface area contributed by atoms with E-state index in [4.69, 9.17) is 0 Å². The van der Waals surface area contributed by atoms with E-state index in [0.717, 1.165) is 35.9 Å². The quantitative estimate of drug-likeness (QED) is 0.437. The van der Waals surface area contributed by atoms with Gasteiger partial charge in [0.15, 0.2) is 27.1 Å². The summed E-state index contributed by atoms with van der Waals surface area (Å²) < 4.78 is 94.3. The maximum absolute atomic E-state index is 13.1. The molecule has 0 atom stereocenters. The first-order valence-corrected chi connectivity index (χ1v) is 12.3. The zero-order valence-corrected chi connectivity index (χ0v) is 19.4. The van der Waals surface area contributed by atoms with E-state index < -0.39 is 45.4 Å². The highest BCUT2D eigenvalue weighted by Crippen LogP contribution is 2.36. The van der Waals surface area contributed by atoms with Gasteiger partial charge in [0.25, 0.3) is 5.91 Å². The van der Waals surface area contributed by atoms with Crippen molar-refractivity contribution in [3.05, 3.63) is 30.1 Å². The molecule has 4 rings (SSSR count). The van der Waals surface area contributed by atoms with Crippen LogP contribution in [0.4, 0.5) is 22.0 Å². The van der Waals surface area contributed by atoms with E-state index >= 15 is 0 Å². The topological polar surface area (TPSA) is 128 Å². The van der Waals surface area contributed by atoms with Crippen molar-refractivity contribution >= 4 is 21.4 Å². The molecule has 0 aromatic carbocycles. The molecular formula is C20H19F5N6O4S. The summed E-state index contributed by atoms with van der Waals surface area (Å²) in [4.78, 5) is 16.9. The number of hydrogen-bond donors (Lipinski definition) is 1. The standard InChI is InChI=1S/C20H19F5N6O4S/c1-2-36(33,34)18-15(12-6-7-14(29-28-12)35-10-19(21,22)20(23,24)25)16-26-9-8-13(31(16)30-18)17(32)27-11-4-3-5-11/h6-9,11H,2-5,10H2,1H3,(H,27,32). The van der Waals surface area contributed by atoms with Crippen molar-refractivity contribution in [3.8, 4) is 17.1 Å². The normalized spacial score (nSPS) is 15.1. The maximum atomic E-state index is 13.1. The van der Waals surface area contributed by atoms with Crippen LogP contribution in [-0.4, -0.2) is 69.6 Å². The Morgan fingerprint density at radius 2 is 1.89 bits per heavy atom. The zero-order chi connectivity index (χ0) is 26.3. The number of amides is 1. The van der Waals surface area contributed by atoms with Crippen LogP contribution in [0.5, 0.6) is 5.88 Å². The highest BCUT2D eigenvalue weighted by atomic mass is 32.2. The van der Waals surface area contributed by atoms with Crippen LogP contribution in [0.25, 0.3) is 16.9 Å². The number of alkyl halides is 5. The fourth-order valence-electron chi connectivity index (χ4n) is 3.27. The number of rotatable bonds is 8. The van der Waals surface area contributed by atoms with Crippen molar-refractivity contribution in [2.45, 2.75) is 49.4 Å². The second-order valence-corrected chi connectivity index (χ2v) is 10.2. The smallest absolute Gasteiger partial charge is 0.456 e. The third-order valence-corrected chi connectivity index (χ3v) is 7.18. The van der Waals surface area contributed by atoms with Gasteiger partial charge in [0.2, 0.25) is 5.88 Å². The first-order chi connectivity index (χ1) is 16.8. The summed E-state index contributed by atoms with van der Waals surface area (Å²) in [5.41, 5.74) is -0.270. The number of fused-ring (bicyclic) bond motifs is 1. The number of halogens is 5. The lowest BCUT2D eigenvalue weighted by atomic mass is 9.93. The van der Waals surface area contributed by atoms with Gasteiger partial charge in [0.1, 0.15) is 11.4 Å². The molecule has 10 nitrogen and oxygen atoms in total. The fraction of sp³-hybridized carbons (Fsp3) is 0.450. The van der Waals surface area contributed by atoms with Crippen LogP contribution in [-0.2, 0) is 9.84 Å². The number of ether oxygens (including phenoxy) is 1. The predicted octanol–water partition coefficient (Wildman–Crippen LogP) is 2.84. The van der Waals surface area contributed by atoms with E-state index in [1.54, 1.807) is 0 Å². The third kappa shape index (κ3) is 4.81. The largest absolute Gasteiger partial charge is 0.470 e. The Morgan fingerprint density at radius 3 is 2.44 bits per heavy atom. The number of aromatic nitrogens is 5. The van der Waals surface area contributed by atoms with Gasteiger partial charge >= 0.3 is 12.1 Å². The molecule has 1 amide bonds. The average molecular weight is 534 g/mol. The summed E-state index contributed by atoms with van der Waals surface area (Å²) in [5, 5.41) is 13.7. The van der Waals surface area contributed by atoms with Crippen LogP contribution >= 0.6 is 0 Å². The second-order valence-electron chi connectivity index (χ2n) is 8.00. The summed E-state index contributed by atoms with van der Waals surface area (Å²) in [6, 6.07) is 3.43. The number of carbonyl (C=O) groups is 1. The Labute approximate surface area is 200 Å². The van der Waals surface area contributed by atoms with Gasteiger partial charge < -0.3 is 10.1 Å². The van der Waals surface area contributed by atoms with E-state index in [0.29, 0.717) is 0 Å². The van der Waals surface area contributed by atoms with E-state index in [-0.39, 0.29) is 34.4 Å². The molecule has 3 aromatic heterocycles. The monoisotopic (exact) mass is 534 g/mol. The van der Waals surface area contributed by atoms with Gasteiger partial charge in [-0.3, -0.25) is 4.79 Å². The van der Waals surface area contributed by atoms with Gasteiger partial charge in [-0.2, -0.15) is 27.1 Å². The van der Waals surface area contributed by atoms with Crippen molar-refractivity contribution < 1.29 is 39.9 Å². The third-order valence-electron chi connectivity index (χ3n) is 5.55. The summed E-state index contributed by atoms with van der Waals surface area (Å²) in [5.74, 6) is -6.60. The zero-order valence-electron chi connectivity index (χ0n) is 18.6. The molecule has 1 N–H and O–H groups in total. The Kier molecular flexibility index (Phi) is 6.57. The Hall–Kier alpha value is -3.43. The molecule has 0 aliphatic heterocycles. The molecule has 1 fully saturated rings. The first kappa shape index (κ1) is 25.7. The first-order valence-electron chi connectivity index (χ1n) is 10.7. The lowest BCUT2D eigenvalue weighted by Crippen LogP contribution is -2.41. The van der Waals surface area contributed by atoms with E-state index in [2.05, 4.69) is 30.3 Å². The number of nitrogens with zero attached hydrogens (tertiary/aromatic N) is 5. The predicted molar refractivity (Wildman–Crippen MR) is 113 cm³/mol. The van der Waals surface area contributed by atoms with Crippen LogP contribution in [0, 0.1) is 0 Å². The van der Waals surface area contributed by atoms with E-state index in [1.165, 1.54) is 19.2 Å². The number of sulfone groups is 1. The van der Waals surface area contributed by atoms with Gasteiger partial charge in [-0.1, -0.05) is 6.92 Å². The summed E-state index contributed by atoms with van der Waals surface area (Å²) >= 11 is 0. The van der Waals surface area contributed by atoms with Gasteiger partial charge in [0, 0.05) is 18.3 Å². The number of nitrogens with one attached hydrogen (secondary N) is 1. The minimum atomic E-state index is -5.81. The minimum Gasteiger partial charge on any atom is -0.470 e. The molecule has 0 bridgehead atoms. The maximum Gasteiger partial charge on any atom is 0.456 e. The van der Waals surface area contributed by atoms with Crippen molar-refractivity contribution in [1.29, 1.82) is 0 Å². The van der Waals surface area contributed by atoms with Crippen LogP contribution in [0.3, 0.4) is 0 Å². The molecule has 1 aliphatic carbocycles. The van der Waals surface area contributed by atoms with E-state index in [1.807, 2.05) is 0 Å². The van der Waals surface area contributed by atoms with Crippen molar-refractivity contribution in [1.82, 2.24) is 30.1 Å². The summed E-state index contributed by atoms with van der Waals surface area (Å²) in [6.07, 6.45) is -1.91. The lowest BCUT2D eigenvalue weighted by Gasteiger charge is -2.26. The highest BCUT2D eigenvalue weighted by Gasteiger charge is 2.58. The van der Waals surface area contributed by atoms with Crippen molar-refractivity contribution in [3.63, 3.8) is 0 Å². The van der Waals surface area contributed by atoms with Crippen molar-refractivity contribution in [2.24, 2.45) is 0 Å². The van der Waals surface area contributed by atoms with Gasteiger partial charge in [-0.25, -0.2) is 17.9 Å². The molecule has 0 saturated heterocycles. The summed E-state index contributed by atoms with van der Waals surface area (Å²) in [7, 11) is -3.98. The molecule has 0 spiro atoms. The highest BCUT2D eigenvalue weighted by molar-refractivity contribution is 7.91. The summed E-state index contributed by atoms with van der Waals surface area (Å²) in [6.45, 7) is -0.637. The number of hydrogen-bond acceptors (Lipinski definition) is 8. The van der Waals surface area contributed by atoms with Gasteiger partial charge in [-0.05, 0) is 31.4 Å². The lowest BCUT2D eigenvalue weighted by molar-refractivity contribution is -0.290. The van der Waals surface area contributed by atoms with Gasteiger partial charge in [-0.15, -0.1) is 10.2 Å². The molecule has 0 unspecified atom stereocenters. The van der Waals surface area contributed by atoms with Crippen molar-refractivity contribution in [2.75, 3.05) is 12.4 Å². The van der Waals surface area contributed by atoms with Crippen LogP contribution in [0.1, 0.15) is 36.7 Å². The Balaban J connectivity index is 1.72. The molecule has 194 valence electrons. The molecule has 36 heavy (non-hydrogen) atoms. The number of carbonyl (C=O) groups excluding carboxylic acids is 1. The molecule has 3 aromatic rings. The van der Waals surface area contributed by atoms with Crippen LogP contribution < -0.4 is 10.1 Å². The molecule has 0 radical (unpaired) electrons. The Bertz CT molecular complexity index is 1390. The molecule has 16 heteroatoms. The molecule has 3 heterocycles. The van der Waals surface area contributed by atoms with Gasteiger partial charge in [0.05, 0.1) is 11.3 Å². The SMILES string of the molecule is CCS(=O)(=O)c1nn2c(C(=O)NC3CCC3)ccnc2c1-c1ccc(OCC(F)(F)C(F)(F)F)nn1. The molecule has 1 aliphatic rings. The fourth-order valence-corrected chi connectivity index (χ4v) is 4.25. The van der Waals surface area contributed by atoms with E-state index in [9.17, 15) is 35.2 Å². The van der Waals surface area contributed by atoms with Crippen LogP contribution in [0.15, 0.2) is 29.4 Å². The minimum absolute atomic E-state index is 0.00210. The van der Waals surface area contributed by atoms with Crippen LogP contribution in [0.2, 0.25) is 0 Å². The molecular weight excluding hydrogens is 515 g/mol. The average Bonchev–Trinajstić information content (AvgIpc) is 3.20.